The lowest BCUT2D eigenvalue weighted by Crippen LogP contribution is -2.25. The maximum absolute atomic E-state index is 11.7. The summed E-state index contributed by atoms with van der Waals surface area (Å²) in [4.78, 5) is 17.3. The lowest BCUT2D eigenvalue weighted by Gasteiger charge is -2.17. The molecule has 1 aromatic heterocycles. The van der Waals surface area contributed by atoms with Crippen LogP contribution in [0.15, 0.2) is 16.7 Å². The fraction of sp³-hybridized carbons (Fsp3) is 0.400. The zero-order valence-corrected chi connectivity index (χ0v) is 10.7. The van der Waals surface area contributed by atoms with Crippen LogP contribution in [0.4, 0.5) is 5.69 Å². The van der Waals surface area contributed by atoms with Crippen LogP contribution in [-0.2, 0) is 4.79 Å². The molecule has 86 valence electrons. The van der Waals surface area contributed by atoms with Gasteiger partial charge in [-0.25, -0.2) is 4.98 Å². The van der Waals surface area contributed by atoms with Gasteiger partial charge in [0.15, 0.2) is 0 Å². The van der Waals surface area contributed by atoms with Gasteiger partial charge >= 0.3 is 0 Å². The molecule has 1 N–H and O–H groups in total. The minimum atomic E-state index is 0.00187. The number of aliphatic hydroxyl groups excluding tert-OH is 1. The molecular weight excluding hydrogens is 295 g/mol. The van der Waals surface area contributed by atoms with Gasteiger partial charge in [0.1, 0.15) is 5.15 Å². The Hall–Kier alpha value is -0.650. The molecule has 1 unspecified atom stereocenters. The van der Waals surface area contributed by atoms with E-state index in [0.29, 0.717) is 23.8 Å². The van der Waals surface area contributed by atoms with Gasteiger partial charge in [0, 0.05) is 37.8 Å². The molecule has 1 fully saturated rings. The van der Waals surface area contributed by atoms with Gasteiger partial charge in [0.25, 0.3) is 0 Å². The number of halogens is 2. The molecule has 1 aliphatic rings. The quantitative estimate of drug-likeness (QED) is 0.848. The van der Waals surface area contributed by atoms with Crippen molar-refractivity contribution in [3.8, 4) is 0 Å². The van der Waals surface area contributed by atoms with Gasteiger partial charge in [-0.1, -0.05) is 11.6 Å². The van der Waals surface area contributed by atoms with Gasteiger partial charge in [-0.05, 0) is 15.9 Å². The second kappa shape index (κ2) is 4.69. The fourth-order valence-corrected chi connectivity index (χ4v) is 2.33. The van der Waals surface area contributed by atoms with Crippen LogP contribution in [0, 0.1) is 5.92 Å². The third-order valence-corrected chi connectivity index (χ3v) is 3.37. The largest absolute Gasteiger partial charge is 0.396 e. The molecule has 2 heterocycles. The van der Waals surface area contributed by atoms with Crippen molar-refractivity contribution in [2.24, 2.45) is 5.92 Å². The maximum atomic E-state index is 11.7. The van der Waals surface area contributed by atoms with E-state index in [4.69, 9.17) is 16.7 Å². The monoisotopic (exact) mass is 304 g/mol. The Kier molecular flexibility index (Phi) is 3.47. The van der Waals surface area contributed by atoms with Crippen molar-refractivity contribution >= 4 is 39.1 Å². The van der Waals surface area contributed by atoms with Gasteiger partial charge in [-0.2, -0.15) is 0 Å². The van der Waals surface area contributed by atoms with E-state index in [0.717, 1.165) is 4.47 Å². The fourth-order valence-electron chi connectivity index (χ4n) is 1.75. The predicted octanol–water partition coefficient (Wildman–Crippen LogP) is 1.84. The topological polar surface area (TPSA) is 53.4 Å². The third-order valence-electron chi connectivity index (χ3n) is 2.56. The number of pyridine rings is 1. The number of anilines is 1. The highest BCUT2D eigenvalue weighted by atomic mass is 79.9. The standard InChI is InChI=1S/C10H10BrClN2O2/c11-7-3-13-9(12)2-8(7)14-4-6(5-15)1-10(14)16/h2-3,6,15H,1,4-5H2. The van der Waals surface area contributed by atoms with E-state index in [1.165, 1.54) is 0 Å². The molecule has 0 bridgehead atoms. The van der Waals surface area contributed by atoms with Crippen LogP contribution < -0.4 is 4.90 Å². The summed E-state index contributed by atoms with van der Waals surface area (Å²) in [6.45, 7) is 0.549. The molecule has 0 aromatic carbocycles. The Labute approximate surface area is 106 Å². The molecule has 0 radical (unpaired) electrons. The average molecular weight is 306 g/mol. The minimum absolute atomic E-state index is 0.00187. The number of aromatic nitrogens is 1. The zero-order chi connectivity index (χ0) is 11.7. The molecule has 1 saturated heterocycles. The first-order valence-corrected chi connectivity index (χ1v) is 6.01. The second-order valence-corrected chi connectivity index (χ2v) is 4.96. The summed E-state index contributed by atoms with van der Waals surface area (Å²) in [5, 5.41) is 9.39. The SMILES string of the molecule is O=C1CC(CO)CN1c1cc(Cl)ncc1Br. The predicted molar refractivity (Wildman–Crippen MR) is 64.5 cm³/mol. The van der Waals surface area contributed by atoms with Crippen molar-refractivity contribution in [3.63, 3.8) is 0 Å². The summed E-state index contributed by atoms with van der Waals surface area (Å²) in [5.41, 5.74) is 0.709. The number of hydrogen-bond acceptors (Lipinski definition) is 3. The van der Waals surface area contributed by atoms with Crippen LogP contribution in [0.1, 0.15) is 6.42 Å². The van der Waals surface area contributed by atoms with E-state index in [1.807, 2.05) is 0 Å². The molecule has 2 rings (SSSR count). The third kappa shape index (κ3) is 2.21. The molecule has 0 aliphatic carbocycles. The molecule has 1 aliphatic heterocycles. The molecule has 0 saturated carbocycles. The molecule has 6 heteroatoms. The number of carbonyl (C=O) groups is 1. The number of rotatable bonds is 2. The Morgan fingerprint density at radius 1 is 1.69 bits per heavy atom. The minimum Gasteiger partial charge on any atom is -0.396 e. The van der Waals surface area contributed by atoms with Crippen molar-refractivity contribution in [1.29, 1.82) is 0 Å². The van der Waals surface area contributed by atoms with E-state index in [2.05, 4.69) is 20.9 Å². The molecule has 1 aromatic rings. The molecular formula is C10H10BrClN2O2. The van der Waals surface area contributed by atoms with Crippen LogP contribution in [0.3, 0.4) is 0 Å². The lowest BCUT2D eigenvalue weighted by molar-refractivity contribution is -0.117. The molecule has 4 nitrogen and oxygen atoms in total. The Bertz CT molecular complexity index is 427. The normalized spacial score (nSPS) is 20.6. The molecule has 1 amide bonds. The van der Waals surface area contributed by atoms with E-state index >= 15 is 0 Å². The highest BCUT2D eigenvalue weighted by Crippen LogP contribution is 2.32. The van der Waals surface area contributed by atoms with E-state index < -0.39 is 0 Å². The zero-order valence-electron chi connectivity index (χ0n) is 8.36. The molecule has 0 spiro atoms. The van der Waals surface area contributed by atoms with Crippen molar-refractivity contribution in [2.75, 3.05) is 18.1 Å². The Morgan fingerprint density at radius 2 is 2.44 bits per heavy atom. The van der Waals surface area contributed by atoms with Crippen LogP contribution in [0.2, 0.25) is 5.15 Å². The van der Waals surface area contributed by atoms with Crippen LogP contribution in [0.25, 0.3) is 0 Å². The maximum Gasteiger partial charge on any atom is 0.227 e. The van der Waals surface area contributed by atoms with Gasteiger partial charge < -0.3 is 10.0 Å². The summed E-state index contributed by atoms with van der Waals surface area (Å²) >= 11 is 9.13. The number of hydrogen-bond donors (Lipinski definition) is 1. The van der Waals surface area contributed by atoms with Crippen molar-refractivity contribution in [3.05, 3.63) is 21.9 Å². The second-order valence-electron chi connectivity index (χ2n) is 3.72. The van der Waals surface area contributed by atoms with E-state index in [1.54, 1.807) is 17.2 Å². The number of aliphatic hydroxyl groups is 1. The Balaban J connectivity index is 2.30. The molecule has 16 heavy (non-hydrogen) atoms. The van der Waals surface area contributed by atoms with Gasteiger partial charge in [-0.15, -0.1) is 0 Å². The first-order chi connectivity index (χ1) is 7.61. The van der Waals surface area contributed by atoms with Gasteiger partial charge in [0.05, 0.1) is 10.2 Å². The molecule has 1 atom stereocenters. The van der Waals surface area contributed by atoms with Crippen molar-refractivity contribution in [1.82, 2.24) is 4.98 Å². The number of nitrogens with zero attached hydrogens (tertiary/aromatic N) is 2. The van der Waals surface area contributed by atoms with Crippen LogP contribution >= 0.6 is 27.5 Å². The van der Waals surface area contributed by atoms with Gasteiger partial charge in [0.2, 0.25) is 5.91 Å². The van der Waals surface area contributed by atoms with Crippen molar-refractivity contribution < 1.29 is 9.90 Å². The summed E-state index contributed by atoms with van der Waals surface area (Å²) < 4.78 is 0.726. The highest BCUT2D eigenvalue weighted by Gasteiger charge is 2.31. The smallest absolute Gasteiger partial charge is 0.227 e. The van der Waals surface area contributed by atoms with Gasteiger partial charge in [-0.3, -0.25) is 4.79 Å². The highest BCUT2D eigenvalue weighted by molar-refractivity contribution is 9.10. The summed E-state index contributed by atoms with van der Waals surface area (Å²) in [6.07, 6.45) is 1.94. The van der Waals surface area contributed by atoms with Crippen LogP contribution in [-0.4, -0.2) is 29.1 Å². The first-order valence-electron chi connectivity index (χ1n) is 4.84. The summed E-state index contributed by atoms with van der Waals surface area (Å²) in [5.74, 6) is 0.00774. The number of amides is 1. The number of carbonyl (C=O) groups excluding carboxylic acids is 1. The van der Waals surface area contributed by atoms with E-state index in [9.17, 15) is 4.79 Å². The summed E-state index contributed by atoms with van der Waals surface area (Å²) in [6, 6.07) is 1.64. The summed E-state index contributed by atoms with van der Waals surface area (Å²) in [7, 11) is 0. The first kappa shape index (κ1) is 11.8. The lowest BCUT2D eigenvalue weighted by atomic mass is 10.1. The van der Waals surface area contributed by atoms with Crippen LogP contribution in [0.5, 0.6) is 0 Å². The van der Waals surface area contributed by atoms with E-state index in [-0.39, 0.29) is 18.4 Å². The van der Waals surface area contributed by atoms with Crippen molar-refractivity contribution in [2.45, 2.75) is 6.42 Å². The average Bonchev–Trinajstić information content (AvgIpc) is 2.63. The Morgan fingerprint density at radius 3 is 3.06 bits per heavy atom.